The maximum Gasteiger partial charge on any atom is 0.246 e. The standard InChI is InChI=1S/C16H19N5O2/c1-17-15(22)12-20(2)16(23)9-8-14-11-21(19-18-14)10-13-6-4-3-5-7-13/h3-9,11H,10,12H2,1-2H3,(H,17,22)/b9-8+. The van der Waals surface area contributed by atoms with Crippen molar-refractivity contribution in [3.63, 3.8) is 0 Å². The van der Waals surface area contributed by atoms with E-state index in [1.165, 1.54) is 18.0 Å². The van der Waals surface area contributed by atoms with Gasteiger partial charge in [0.15, 0.2) is 0 Å². The molecule has 23 heavy (non-hydrogen) atoms. The predicted octanol–water partition coefficient (Wildman–Crippen LogP) is 0.544. The molecule has 0 aliphatic carbocycles. The minimum absolute atomic E-state index is 0.0143. The monoisotopic (exact) mass is 313 g/mol. The summed E-state index contributed by atoms with van der Waals surface area (Å²) in [4.78, 5) is 24.4. The molecule has 0 spiro atoms. The molecule has 0 saturated carbocycles. The van der Waals surface area contributed by atoms with Crippen LogP contribution in [0, 0.1) is 0 Å². The first-order valence-corrected chi connectivity index (χ1v) is 7.16. The summed E-state index contributed by atoms with van der Waals surface area (Å²) in [7, 11) is 3.09. The Morgan fingerprint density at radius 3 is 2.74 bits per heavy atom. The molecule has 0 bridgehead atoms. The lowest BCUT2D eigenvalue weighted by Gasteiger charge is -2.13. The number of aromatic nitrogens is 3. The van der Waals surface area contributed by atoms with Crippen molar-refractivity contribution >= 4 is 17.9 Å². The van der Waals surface area contributed by atoms with Crippen LogP contribution < -0.4 is 5.32 Å². The van der Waals surface area contributed by atoms with E-state index < -0.39 is 0 Å². The van der Waals surface area contributed by atoms with Crippen LogP contribution in [-0.4, -0.2) is 52.3 Å². The molecule has 2 amide bonds. The summed E-state index contributed by atoms with van der Waals surface area (Å²) < 4.78 is 1.70. The van der Waals surface area contributed by atoms with Crippen LogP contribution in [0.4, 0.5) is 0 Å². The molecule has 0 radical (unpaired) electrons. The molecular formula is C16H19N5O2. The quantitative estimate of drug-likeness (QED) is 0.790. The van der Waals surface area contributed by atoms with E-state index in [2.05, 4.69) is 15.6 Å². The van der Waals surface area contributed by atoms with Crippen LogP contribution in [0.2, 0.25) is 0 Å². The first-order chi connectivity index (χ1) is 11.1. The zero-order valence-corrected chi connectivity index (χ0v) is 13.1. The minimum Gasteiger partial charge on any atom is -0.358 e. The van der Waals surface area contributed by atoms with Gasteiger partial charge < -0.3 is 10.2 Å². The van der Waals surface area contributed by atoms with E-state index in [9.17, 15) is 9.59 Å². The van der Waals surface area contributed by atoms with Crippen LogP contribution in [0.25, 0.3) is 6.08 Å². The van der Waals surface area contributed by atoms with Crippen molar-refractivity contribution in [3.05, 3.63) is 53.9 Å². The number of nitrogens with one attached hydrogen (secondary N) is 1. The molecule has 1 aromatic carbocycles. The molecule has 0 aliphatic heterocycles. The van der Waals surface area contributed by atoms with Crippen LogP contribution >= 0.6 is 0 Å². The molecule has 0 aliphatic rings. The fourth-order valence-corrected chi connectivity index (χ4v) is 1.89. The highest BCUT2D eigenvalue weighted by Crippen LogP contribution is 2.03. The normalized spacial score (nSPS) is 10.7. The molecule has 0 fully saturated rings. The van der Waals surface area contributed by atoms with E-state index in [0.29, 0.717) is 12.2 Å². The van der Waals surface area contributed by atoms with E-state index in [4.69, 9.17) is 0 Å². The van der Waals surface area contributed by atoms with Crippen molar-refractivity contribution in [2.75, 3.05) is 20.6 Å². The third-order valence-corrected chi connectivity index (χ3v) is 3.18. The first kappa shape index (κ1) is 16.4. The highest BCUT2D eigenvalue weighted by molar-refractivity contribution is 5.93. The number of benzene rings is 1. The molecule has 120 valence electrons. The molecule has 0 unspecified atom stereocenters. The highest BCUT2D eigenvalue weighted by atomic mass is 16.2. The zero-order valence-electron chi connectivity index (χ0n) is 13.1. The minimum atomic E-state index is -0.272. The van der Waals surface area contributed by atoms with Gasteiger partial charge in [0, 0.05) is 20.2 Å². The van der Waals surface area contributed by atoms with Crippen LogP contribution in [0.1, 0.15) is 11.3 Å². The molecule has 1 N–H and O–H groups in total. The third-order valence-electron chi connectivity index (χ3n) is 3.18. The molecule has 0 saturated heterocycles. The molecule has 1 heterocycles. The summed E-state index contributed by atoms with van der Waals surface area (Å²) in [6.45, 7) is 0.632. The molecule has 2 aromatic rings. The van der Waals surface area contributed by atoms with Gasteiger partial charge in [-0.2, -0.15) is 0 Å². The third kappa shape index (κ3) is 5.06. The van der Waals surface area contributed by atoms with Crippen LogP contribution in [-0.2, 0) is 16.1 Å². The van der Waals surface area contributed by atoms with Gasteiger partial charge in [-0.15, -0.1) is 5.10 Å². The van der Waals surface area contributed by atoms with Gasteiger partial charge in [0.2, 0.25) is 11.8 Å². The predicted molar refractivity (Wildman–Crippen MR) is 86.3 cm³/mol. The first-order valence-electron chi connectivity index (χ1n) is 7.16. The fourth-order valence-electron chi connectivity index (χ4n) is 1.89. The lowest BCUT2D eigenvalue weighted by molar-refractivity contribution is -0.130. The molecule has 1 aromatic heterocycles. The number of carbonyl (C=O) groups is 2. The summed E-state index contributed by atoms with van der Waals surface area (Å²) in [5.41, 5.74) is 1.71. The Balaban J connectivity index is 1.93. The lowest BCUT2D eigenvalue weighted by atomic mass is 10.2. The maximum atomic E-state index is 11.9. The van der Waals surface area contributed by atoms with Crippen LogP contribution in [0.5, 0.6) is 0 Å². The van der Waals surface area contributed by atoms with Crippen molar-refractivity contribution in [1.29, 1.82) is 0 Å². The van der Waals surface area contributed by atoms with Crippen molar-refractivity contribution in [2.45, 2.75) is 6.54 Å². The molecule has 0 atom stereocenters. The van der Waals surface area contributed by atoms with Gasteiger partial charge >= 0.3 is 0 Å². The smallest absolute Gasteiger partial charge is 0.246 e. The summed E-state index contributed by atoms with van der Waals surface area (Å²) >= 11 is 0. The second-order valence-electron chi connectivity index (χ2n) is 5.03. The molecule has 7 heteroatoms. The van der Waals surface area contributed by atoms with E-state index in [1.807, 2.05) is 30.3 Å². The topological polar surface area (TPSA) is 80.1 Å². The number of carbonyl (C=O) groups excluding carboxylic acids is 2. The number of hydrogen-bond donors (Lipinski definition) is 1. The number of hydrogen-bond acceptors (Lipinski definition) is 4. The number of amides is 2. The van der Waals surface area contributed by atoms with E-state index in [-0.39, 0.29) is 18.4 Å². The molecular weight excluding hydrogens is 294 g/mol. The van der Waals surface area contributed by atoms with Crippen LogP contribution in [0.15, 0.2) is 42.6 Å². The van der Waals surface area contributed by atoms with Gasteiger partial charge in [-0.05, 0) is 11.6 Å². The van der Waals surface area contributed by atoms with Crippen molar-refractivity contribution < 1.29 is 9.59 Å². The fraction of sp³-hybridized carbons (Fsp3) is 0.250. The summed E-state index contributed by atoms with van der Waals surface area (Å²) in [5, 5.41) is 10.5. The van der Waals surface area contributed by atoms with Gasteiger partial charge in [0.25, 0.3) is 0 Å². The molecule has 2 rings (SSSR count). The van der Waals surface area contributed by atoms with E-state index >= 15 is 0 Å². The highest BCUT2D eigenvalue weighted by Gasteiger charge is 2.09. The van der Waals surface area contributed by atoms with E-state index in [1.54, 1.807) is 24.0 Å². The van der Waals surface area contributed by atoms with Gasteiger partial charge in [-0.3, -0.25) is 9.59 Å². The number of likely N-dealkylation sites (N-methyl/N-ethyl adjacent to an activating group) is 2. The van der Waals surface area contributed by atoms with Crippen molar-refractivity contribution in [1.82, 2.24) is 25.2 Å². The maximum absolute atomic E-state index is 11.9. The summed E-state index contributed by atoms with van der Waals surface area (Å²) in [6.07, 6.45) is 4.71. The van der Waals surface area contributed by atoms with Gasteiger partial charge in [-0.1, -0.05) is 35.5 Å². The van der Waals surface area contributed by atoms with Crippen molar-refractivity contribution in [2.24, 2.45) is 0 Å². The Kier molecular flexibility index (Phi) is 5.62. The largest absolute Gasteiger partial charge is 0.358 e. The van der Waals surface area contributed by atoms with Gasteiger partial charge in [0.1, 0.15) is 5.69 Å². The SMILES string of the molecule is CNC(=O)CN(C)C(=O)/C=C/c1cn(Cc2ccccc2)nn1. The Morgan fingerprint density at radius 2 is 2.04 bits per heavy atom. The zero-order chi connectivity index (χ0) is 16.7. The Morgan fingerprint density at radius 1 is 1.30 bits per heavy atom. The average molecular weight is 313 g/mol. The van der Waals surface area contributed by atoms with Gasteiger partial charge in [0.05, 0.1) is 19.3 Å². The lowest BCUT2D eigenvalue weighted by Crippen LogP contribution is -2.36. The number of nitrogens with zero attached hydrogens (tertiary/aromatic N) is 4. The van der Waals surface area contributed by atoms with Crippen molar-refractivity contribution in [3.8, 4) is 0 Å². The second kappa shape index (κ2) is 7.88. The Bertz CT molecular complexity index is 694. The summed E-state index contributed by atoms with van der Waals surface area (Å²) in [6, 6.07) is 9.91. The van der Waals surface area contributed by atoms with Gasteiger partial charge in [-0.25, -0.2) is 4.68 Å². The van der Waals surface area contributed by atoms with Crippen LogP contribution in [0.3, 0.4) is 0 Å². The summed E-state index contributed by atoms with van der Waals surface area (Å²) in [5.74, 6) is -0.491. The van der Waals surface area contributed by atoms with E-state index in [0.717, 1.165) is 5.56 Å². The molecule has 7 nitrogen and oxygen atoms in total. The Hall–Kier alpha value is -2.96. The average Bonchev–Trinajstić information content (AvgIpc) is 3.00. The second-order valence-corrected chi connectivity index (χ2v) is 5.03. The number of rotatable bonds is 6. The Labute approximate surface area is 134 Å².